The lowest BCUT2D eigenvalue weighted by Crippen LogP contribution is -2.46. The summed E-state index contributed by atoms with van der Waals surface area (Å²) < 4.78 is 56.9. The summed E-state index contributed by atoms with van der Waals surface area (Å²) in [4.78, 5) is 0. The average Bonchev–Trinajstić information content (AvgIpc) is 2.51. The largest absolute Gasteiger partial charge is 0.387 e. The molecule has 1 aromatic carbocycles. The topological polar surface area (TPSA) is 27.7 Å². The number of benzene rings is 1. The zero-order chi connectivity index (χ0) is 16.9. The van der Waals surface area contributed by atoms with Gasteiger partial charge in [-0.15, -0.1) is 0 Å². The second-order valence-electron chi connectivity index (χ2n) is 5.89. The lowest BCUT2D eigenvalue weighted by Gasteiger charge is -2.35. The summed E-state index contributed by atoms with van der Waals surface area (Å²) >= 11 is 0. The number of hydrogen-bond acceptors (Lipinski definition) is 3. The number of rotatable bonds is 7. The van der Waals surface area contributed by atoms with Gasteiger partial charge in [0.2, 0.25) is 0 Å². The minimum atomic E-state index is -3.56. The lowest BCUT2D eigenvalue weighted by molar-refractivity contribution is -0.419. The molecule has 23 heavy (non-hydrogen) atoms. The van der Waals surface area contributed by atoms with Gasteiger partial charge in [0.25, 0.3) is 6.48 Å². The van der Waals surface area contributed by atoms with Crippen LogP contribution < -0.4 is 0 Å². The first-order valence-electron chi connectivity index (χ1n) is 7.96. The van der Waals surface area contributed by atoms with Crippen molar-refractivity contribution in [3.05, 3.63) is 35.4 Å². The molecule has 0 N–H and O–H groups in total. The van der Waals surface area contributed by atoms with E-state index >= 15 is 0 Å². The molecule has 0 aromatic heterocycles. The van der Waals surface area contributed by atoms with Crippen molar-refractivity contribution in [2.24, 2.45) is 0 Å². The van der Waals surface area contributed by atoms with Crippen molar-refractivity contribution in [3.63, 3.8) is 0 Å². The molecule has 1 fully saturated rings. The van der Waals surface area contributed by atoms with Gasteiger partial charge in [-0.25, -0.2) is 4.39 Å². The Hall–Kier alpha value is -1.11. The van der Waals surface area contributed by atoms with Crippen LogP contribution in [0.3, 0.4) is 0 Å². The van der Waals surface area contributed by atoms with Gasteiger partial charge in [0.05, 0.1) is 18.8 Å². The summed E-state index contributed by atoms with van der Waals surface area (Å²) in [6, 6.07) is 5.94. The molecule has 6 heteroatoms. The summed E-state index contributed by atoms with van der Waals surface area (Å²) in [5.41, 5.74) is -0.930. The van der Waals surface area contributed by atoms with E-state index in [0.717, 1.165) is 18.4 Å². The van der Waals surface area contributed by atoms with Crippen LogP contribution in [0, 0.1) is 0 Å². The molecule has 0 atom stereocenters. The van der Waals surface area contributed by atoms with E-state index in [2.05, 4.69) is 4.74 Å². The number of ether oxygens (including phenoxy) is 3. The Bertz CT molecular complexity index is 482. The van der Waals surface area contributed by atoms with Crippen molar-refractivity contribution in [2.45, 2.75) is 57.8 Å². The fraction of sp³-hybridized carbons (Fsp3) is 0.647. The second-order valence-corrected chi connectivity index (χ2v) is 5.89. The van der Waals surface area contributed by atoms with Crippen LogP contribution in [0.5, 0.6) is 0 Å². The van der Waals surface area contributed by atoms with Crippen LogP contribution in [-0.4, -0.2) is 25.4 Å². The van der Waals surface area contributed by atoms with Crippen LogP contribution in [0.25, 0.3) is 0 Å². The molecule has 0 unspecified atom stereocenters. The summed E-state index contributed by atoms with van der Waals surface area (Å²) in [6.07, 6.45) is -0.906. The Morgan fingerprint density at radius 1 is 1.13 bits per heavy atom. The molecule has 0 spiro atoms. The molecule has 3 nitrogen and oxygen atoms in total. The maximum absolute atomic E-state index is 14.1. The molecule has 0 bridgehead atoms. The Morgan fingerprint density at radius 3 is 2.26 bits per heavy atom. The van der Waals surface area contributed by atoms with Gasteiger partial charge in [-0.1, -0.05) is 51.0 Å². The van der Waals surface area contributed by atoms with Gasteiger partial charge < -0.3 is 9.47 Å². The second kappa shape index (κ2) is 7.64. The van der Waals surface area contributed by atoms with Crippen LogP contribution in [-0.2, 0) is 26.7 Å². The molecule has 0 radical (unpaired) electrons. The highest BCUT2D eigenvalue weighted by Gasteiger charge is 2.42. The standard InChI is InChI=1S/C17H23F3O3/c1-3-5-13-6-8-14(9-7-13)17(19,20)23-15-21-11-16(18,10-4-2)12-22-15/h6-9,15H,3-5,10-12H2,1-2H3. The van der Waals surface area contributed by atoms with E-state index < -0.39 is 18.3 Å². The molecular weight excluding hydrogens is 309 g/mol. The zero-order valence-corrected chi connectivity index (χ0v) is 13.5. The van der Waals surface area contributed by atoms with Crippen LogP contribution in [0.15, 0.2) is 24.3 Å². The third-order valence-corrected chi connectivity index (χ3v) is 3.73. The fourth-order valence-corrected chi connectivity index (χ4v) is 2.53. The summed E-state index contributed by atoms with van der Waals surface area (Å²) in [7, 11) is 0. The third kappa shape index (κ3) is 4.93. The molecule has 0 aliphatic carbocycles. The normalized spacial score (nSPS) is 25.5. The first-order valence-corrected chi connectivity index (χ1v) is 7.96. The van der Waals surface area contributed by atoms with E-state index in [1.165, 1.54) is 12.1 Å². The maximum atomic E-state index is 14.1. The molecule has 1 aliphatic heterocycles. The van der Waals surface area contributed by atoms with Gasteiger partial charge in [0.1, 0.15) is 0 Å². The van der Waals surface area contributed by atoms with E-state index in [-0.39, 0.29) is 25.2 Å². The van der Waals surface area contributed by atoms with Gasteiger partial charge in [0.15, 0.2) is 5.67 Å². The van der Waals surface area contributed by atoms with Crippen molar-refractivity contribution in [1.29, 1.82) is 0 Å². The van der Waals surface area contributed by atoms with Gasteiger partial charge in [-0.3, -0.25) is 4.74 Å². The number of alkyl halides is 3. The molecule has 1 saturated heterocycles. The monoisotopic (exact) mass is 332 g/mol. The van der Waals surface area contributed by atoms with Gasteiger partial charge >= 0.3 is 6.11 Å². The van der Waals surface area contributed by atoms with Crippen molar-refractivity contribution in [3.8, 4) is 0 Å². The SMILES string of the molecule is CCCc1ccc(C(F)(F)OC2OCC(F)(CCC)CO2)cc1. The molecule has 0 amide bonds. The van der Waals surface area contributed by atoms with E-state index in [1.807, 2.05) is 13.8 Å². The molecule has 130 valence electrons. The van der Waals surface area contributed by atoms with Crippen LogP contribution >= 0.6 is 0 Å². The lowest BCUT2D eigenvalue weighted by atomic mass is 10.0. The highest BCUT2D eigenvalue weighted by atomic mass is 19.3. The fourth-order valence-electron chi connectivity index (χ4n) is 2.53. The number of aryl methyl sites for hydroxylation is 1. The quantitative estimate of drug-likeness (QED) is 0.733. The van der Waals surface area contributed by atoms with Crippen LogP contribution in [0.4, 0.5) is 13.2 Å². The maximum Gasteiger partial charge on any atom is 0.387 e. The Balaban J connectivity index is 1.93. The van der Waals surface area contributed by atoms with Gasteiger partial charge in [0, 0.05) is 0 Å². The van der Waals surface area contributed by atoms with Gasteiger partial charge in [-0.2, -0.15) is 8.78 Å². The molecule has 0 saturated carbocycles. The summed E-state index contributed by atoms with van der Waals surface area (Å²) in [6.45, 7) is 1.67. The van der Waals surface area contributed by atoms with Gasteiger partial charge in [-0.05, 0) is 18.4 Å². The molecular formula is C17H23F3O3. The van der Waals surface area contributed by atoms with Crippen molar-refractivity contribution in [1.82, 2.24) is 0 Å². The smallest absolute Gasteiger partial charge is 0.326 e. The molecule has 2 rings (SSSR count). The first-order chi connectivity index (χ1) is 10.9. The summed E-state index contributed by atoms with van der Waals surface area (Å²) in [5.74, 6) is 0. The van der Waals surface area contributed by atoms with Crippen LogP contribution in [0.1, 0.15) is 44.2 Å². The third-order valence-electron chi connectivity index (χ3n) is 3.73. The minimum Gasteiger partial charge on any atom is -0.326 e. The van der Waals surface area contributed by atoms with E-state index in [0.29, 0.717) is 6.42 Å². The number of halogens is 3. The zero-order valence-electron chi connectivity index (χ0n) is 13.5. The molecule has 1 aliphatic rings. The van der Waals surface area contributed by atoms with Crippen LogP contribution in [0.2, 0.25) is 0 Å². The predicted octanol–water partition coefficient (Wildman–Crippen LogP) is 4.54. The van der Waals surface area contributed by atoms with E-state index in [1.54, 1.807) is 12.1 Å². The summed E-state index contributed by atoms with van der Waals surface area (Å²) in [5, 5.41) is 0. The Kier molecular flexibility index (Phi) is 6.06. The highest BCUT2D eigenvalue weighted by Crippen LogP contribution is 2.34. The highest BCUT2D eigenvalue weighted by molar-refractivity contribution is 5.24. The van der Waals surface area contributed by atoms with Crippen molar-refractivity contribution in [2.75, 3.05) is 13.2 Å². The minimum absolute atomic E-state index is 0.259. The number of hydrogen-bond donors (Lipinski definition) is 0. The predicted molar refractivity (Wildman–Crippen MR) is 79.9 cm³/mol. The van der Waals surface area contributed by atoms with Crippen molar-refractivity contribution < 1.29 is 27.4 Å². The van der Waals surface area contributed by atoms with E-state index in [9.17, 15) is 13.2 Å². The average molecular weight is 332 g/mol. The Morgan fingerprint density at radius 2 is 1.74 bits per heavy atom. The first kappa shape index (κ1) is 18.2. The molecule has 1 aromatic rings. The Labute approximate surface area is 134 Å². The van der Waals surface area contributed by atoms with Crippen molar-refractivity contribution >= 4 is 0 Å². The molecule has 1 heterocycles. The van der Waals surface area contributed by atoms with E-state index in [4.69, 9.17) is 9.47 Å².